The summed E-state index contributed by atoms with van der Waals surface area (Å²) < 4.78 is 0. The number of nitrogens with one attached hydrogen (secondary N) is 2. The normalized spacial score (nSPS) is 11.6. The Morgan fingerprint density at radius 3 is 2.55 bits per heavy atom. The summed E-state index contributed by atoms with van der Waals surface area (Å²) in [6.45, 7) is 5.88. The third-order valence-electron chi connectivity index (χ3n) is 3.28. The molecule has 0 aliphatic carbocycles. The van der Waals surface area contributed by atoms with Gasteiger partial charge in [0, 0.05) is 22.9 Å². The Morgan fingerprint density at radius 1 is 1.14 bits per heavy atom. The van der Waals surface area contributed by atoms with E-state index in [0.29, 0.717) is 5.56 Å². The molecule has 0 bridgehead atoms. The van der Waals surface area contributed by atoms with E-state index in [2.05, 4.69) is 20.3 Å². The maximum atomic E-state index is 12.1. The van der Waals surface area contributed by atoms with Gasteiger partial charge in [-0.3, -0.25) is 9.78 Å². The molecule has 1 amide bonds. The first-order valence-electron chi connectivity index (χ1n) is 7.14. The second kappa shape index (κ2) is 5.26. The number of nitrogens with zero attached hydrogens (tertiary/aromatic N) is 2. The number of aromatic amines is 1. The molecule has 0 aliphatic heterocycles. The molecule has 0 radical (unpaired) electrons. The van der Waals surface area contributed by atoms with Crippen LogP contribution in [0.4, 0.5) is 0 Å². The first kappa shape index (κ1) is 14.3. The average Bonchev–Trinajstić information content (AvgIpc) is 2.94. The summed E-state index contributed by atoms with van der Waals surface area (Å²) in [7, 11) is 0. The molecule has 22 heavy (non-hydrogen) atoms. The third-order valence-corrected chi connectivity index (χ3v) is 3.28. The number of imidazole rings is 1. The number of fused-ring (bicyclic) bond motifs is 1. The number of carbonyl (C=O) groups is 1. The van der Waals surface area contributed by atoms with Crippen LogP contribution in [0.15, 0.2) is 43.0 Å². The molecule has 1 aromatic carbocycles. The van der Waals surface area contributed by atoms with Crippen molar-refractivity contribution in [1.29, 1.82) is 0 Å². The summed E-state index contributed by atoms with van der Waals surface area (Å²) in [6.07, 6.45) is 5.19. The summed E-state index contributed by atoms with van der Waals surface area (Å²) in [4.78, 5) is 23.7. The van der Waals surface area contributed by atoms with Gasteiger partial charge in [0.05, 0.1) is 23.6 Å². The smallest absolute Gasteiger partial charge is 0.251 e. The van der Waals surface area contributed by atoms with E-state index in [0.717, 1.165) is 22.2 Å². The van der Waals surface area contributed by atoms with Crippen LogP contribution in [-0.4, -0.2) is 26.4 Å². The quantitative estimate of drug-likeness (QED) is 0.762. The minimum absolute atomic E-state index is 0.0739. The van der Waals surface area contributed by atoms with Crippen LogP contribution in [0, 0.1) is 0 Å². The Morgan fingerprint density at radius 2 is 1.86 bits per heavy atom. The van der Waals surface area contributed by atoms with E-state index >= 15 is 0 Å². The van der Waals surface area contributed by atoms with E-state index < -0.39 is 0 Å². The second-order valence-electron chi connectivity index (χ2n) is 6.27. The molecular weight excluding hydrogens is 276 g/mol. The summed E-state index contributed by atoms with van der Waals surface area (Å²) in [5.74, 6) is -0.0739. The molecule has 0 saturated heterocycles. The Balaban J connectivity index is 1.92. The molecule has 2 aromatic heterocycles. The number of amides is 1. The van der Waals surface area contributed by atoms with Crippen LogP contribution < -0.4 is 5.32 Å². The first-order chi connectivity index (χ1) is 10.4. The van der Waals surface area contributed by atoms with Crippen LogP contribution in [0.25, 0.3) is 22.2 Å². The zero-order valence-electron chi connectivity index (χ0n) is 12.8. The Bertz CT molecular complexity index is 813. The monoisotopic (exact) mass is 294 g/mol. The van der Waals surface area contributed by atoms with Crippen LogP contribution in [0.2, 0.25) is 0 Å². The molecule has 0 spiro atoms. The molecule has 2 heterocycles. The number of hydrogen-bond donors (Lipinski definition) is 2. The van der Waals surface area contributed by atoms with E-state index in [1.807, 2.05) is 45.0 Å². The van der Waals surface area contributed by atoms with Crippen molar-refractivity contribution in [3.8, 4) is 11.1 Å². The van der Waals surface area contributed by atoms with Crippen molar-refractivity contribution in [2.24, 2.45) is 0 Å². The molecule has 3 rings (SSSR count). The molecule has 0 atom stereocenters. The summed E-state index contributed by atoms with van der Waals surface area (Å²) in [5.41, 5.74) is 4.09. The van der Waals surface area contributed by atoms with E-state index in [4.69, 9.17) is 0 Å². The summed E-state index contributed by atoms with van der Waals surface area (Å²) in [6, 6.07) is 7.48. The summed E-state index contributed by atoms with van der Waals surface area (Å²) >= 11 is 0. The van der Waals surface area contributed by atoms with Crippen LogP contribution >= 0.6 is 0 Å². The van der Waals surface area contributed by atoms with Gasteiger partial charge in [0.1, 0.15) is 0 Å². The van der Waals surface area contributed by atoms with E-state index in [-0.39, 0.29) is 11.4 Å². The van der Waals surface area contributed by atoms with Gasteiger partial charge in [-0.15, -0.1) is 0 Å². The molecule has 0 fully saturated rings. The predicted octanol–water partition coefficient (Wildman–Crippen LogP) is 3.15. The van der Waals surface area contributed by atoms with Gasteiger partial charge in [-0.05, 0) is 38.5 Å². The number of rotatable bonds is 2. The molecule has 0 unspecified atom stereocenters. The Kier molecular flexibility index (Phi) is 3.41. The lowest BCUT2D eigenvalue weighted by Gasteiger charge is -2.20. The fourth-order valence-electron chi connectivity index (χ4n) is 2.29. The van der Waals surface area contributed by atoms with Gasteiger partial charge in [-0.1, -0.05) is 12.1 Å². The maximum Gasteiger partial charge on any atom is 0.251 e. The van der Waals surface area contributed by atoms with Crippen LogP contribution in [0.5, 0.6) is 0 Å². The molecule has 3 aromatic rings. The highest BCUT2D eigenvalue weighted by Crippen LogP contribution is 2.25. The first-order valence-corrected chi connectivity index (χ1v) is 7.14. The third kappa shape index (κ3) is 2.83. The highest BCUT2D eigenvalue weighted by atomic mass is 16.1. The van der Waals surface area contributed by atoms with Crippen molar-refractivity contribution in [3.63, 3.8) is 0 Å². The van der Waals surface area contributed by atoms with Gasteiger partial charge in [-0.2, -0.15) is 0 Å². The Hall–Kier alpha value is -2.69. The fraction of sp³-hybridized carbons (Fsp3) is 0.235. The van der Waals surface area contributed by atoms with Crippen molar-refractivity contribution in [1.82, 2.24) is 20.3 Å². The zero-order valence-corrected chi connectivity index (χ0v) is 12.8. The summed E-state index contributed by atoms with van der Waals surface area (Å²) in [5, 5.41) is 2.95. The topological polar surface area (TPSA) is 70.7 Å². The predicted molar refractivity (Wildman–Crippen MR) is 86.5 cm³/mol. The Labute approximate surface area is 128 Å². The van der Waals surface area contributed by atoms with Crippen molar-refractivity contribution >= 4 is 16.9 Å². The molecule has 0 aliphatic rings. The van der Waals surface area contributed by atoms with Gasteiger partial charge in [0.2, 0.25) is 0 Å². The number of benzene rings is 1. The lowest BCUT2D eigenvalue weighted by Crippen LogP contribution is -2.40. The molecule has 5 heteroatoms. The second-order valence-corrected chi connectivity index (χ2v) is 6.27. The standard InChI is InChI=1S/C17H18N4O/c1-17(2,3)21-16(22)12-6-4-11(5-7-12)13-8-18-9-14-15(13)20-10-19-14/h4-10H,1-3H3,(H,19,20)(H,21,22). The number of carbonyl (C=O) groups excluding carboxylic acids is 1. The minimum Gasteiger partial charge on any atom is -0.347 e. The zero-order chi connectivity index (χ0) is 15.7. The fourth-order valence-corrected chi connectivity index (χ4v) is 2.29. The van der Waals surface area contributed by atoms with E-state index in [1.54, 1.807) is 18.7 Å². The van der Waals surface area contributed by atoms with Crippen molar-refractivity contribution in [2.75, 3.05) is 0 Å². The maximum absolute atomic E-state index is 12.1. The van der Waals surface area contributed by atoms with Crippen molar-refractivity contribution in [2.45, 2.75) is 26.3 Å². The van der Waals surface area contributed by atoms with Gasteiger partial charge in [0.25, 0.3) is 5.91 Å². The highest BCUT2D eigenvalue weighted by Gasteiger charge is 2.15. The lowest BCUT2D eigenvalue weighted by molar-refractivity contribution is 0.0919. The highest BCUT2D eigenvalue weighted by molar-refractivity contribution is 5.96. The van der Waals surface area contributed by atoms with Crippen LogP contribution in [0.1, 0.15) is 31.1 Å². The van der Waals surface area contributed by atoms with Crippen LogP contribution in [0.3, 0.4) is 0 Å². The number of aromatic nitrogens is 3. The number of pyridine rings is 1. The molecule has 112 valence electrons. The van der Waals surface area contributed by atoms with Gasteiger partial charge < -0.3 is 10.3 Å². The molecule has 2 N–H and O–H groups in total. The average molecular weight is 294 g/mol. The largest absolute Gasteiger partial charge is 0.347 e. The van der Waals surface area contributed by atoms with E-state index in [1.165, 1.54) is 0 Å². The molecule has 0 saturated carbocycles. The van der Waals surface area contributed by atoms with Crippen LogP contribution in [-0.2, 0) is 0 Å². The number of hydrogen-bond acceptors (Lipinski definition) is 3. The van der Waals surface area contributed by atoms with Gasteiger partial charge in [0.15, 0.2) is 0 Å². The SMILES string of the molecule is CC(C)(C)NC(=O)c1ccc(-c2cncc3[nH]cnc23)cc1. The molecule has 5 nitrogen and oxygen atoms in total. The number of H-pyrrole nitrogens is 1. The van der Waals surface area contributed by atoms with Crippen molar-refractivity contribution in [3.05, 3.63) is 48.5 Å². The van der Waals surface area contributed by atoms with Gasteiger partial charge >= 0.3 is 0 Å². The minimum atomic E-state index is -0.250. The molecular formula is C17H18N4O. The van der Waals surface area contributed by atoms with E-state index in [9.17, 15) is 4.79 Å². The van der Waals surface area contributed by atoms with Crippen molar-refractivity contribution < 1.29 is 4.79 Å². The van der Waals surface area contributed by atoms with Gasteiger partial charge in [-0.25, -0.2) is 4.98 Å². The lowest BCUT2D eigenvalue weighted by atomic mass is 10.0.